The Labute approximate surface area is 179 Å². The molecule has 3 heterocycles. The van der Waals surface area contributed by atoms with Crippen molar-refractivity contribution < 1.29 is 14.3 Å². The van der Waals surface area contributed by atoms with Crippen molar-refractivity contribution in [3.8, 4) is 0 Å². The second-order valence-corrected chi connectivity index (χ2v) is 8.74. The van der Waals surface area contributed by atoms with Crippen LogP contribution < -0.4 is 5.32 Å². The molecule has 1 aromatic carbocycles. The number of carbonyl (C=O) groups excluding carboxylic acids is 2. The van der Waals surface area contributed by atoms with E-state index in [0.29, 0.717) is 32.8 Å². The number of benzene rings is 1. The van der Waals surface area contributed by atoms with Crippen LogP contribution in [0.2, 0.25) is 0 Å². The molecule has 4 rings (SSSR count). The summed E-state index contributed by atoms with van der Waals surface area (Å²) in [4.78, 5) is 31.3. The quantitative estimate of drug-likeness (QED) is 0.818. The maximum absolute atomic E-state index is 12.7. The summed E-state index contributed by atoms with van der Waals surface area (Å²) in [6.07, 6.45) is 3.48. The first-order valence-corrected chi connectivity index (χ1v) is 11.3. The normalized spacial score (nSPS) is 23.6. The first kappa shape index (κ1) is 21.1. The molecule has 0 saturated carbocycles. The maximum atomic E-state index is 12.7. The molecular weight excluding hydrogens is 380 g/mol. The van der Waals surface area contributed by atoms with Gasteiger partial charge in [0.1, 0.15) is 6.10 Å². The minimum Gasteiger partial charge on any atom is -0.368 e. The van der Waals surface area contributed by atoms with Crippen LogP contribution in [0, 0.1) is 6.92 Å². The lowest BCUT2D eigenvalue weighted by molar-refractivity contribution is -0.142. The number of urea groups is 1. The third-order valence-electron chi connectivity index (χ3n) is 6.65. The average molecular weight is 415 g/mol. The smallest absolute Gasteiger partial charge is 0.317 e. The summed E-state index contributed by atoms with van der Waals surface area (Å²) in [7, 11) is 0. The van der Waals surface area contributed by atoms with Gasteiger partial charge in [0.25, 0.3) is 5.91 Å². The molecular formula is C23H34N4O3. The monoisotopic (exact) mass is 414 g/mol. The highest BCUT2D eigenvalue weighted by Gasteiger charge is 2.32. The second-order valence-electron chi connectivity index (χ2n) is 8.74. The van der Waals surface area contributed by atoms with Crippen molar-refractivity contribution in [3.63, 3.8) is 0 Å². The highest BCUT2D eigenvalue weighted by atomic mass is 16.5. The van der Waals surface area contributed by atoms with E-state index in [9.17, 15) is 9.59 Å². The van der Waals surface area contributed by atoms with Crippen molar-refractivity contribution in [1.82, 2.24) is 20.0 Å². The lowest BCUT2D eigenvalue weighted by atomic mass is 10.0. The fourth-order valence-electron chi connectivity index (χ4n) is 4.64. The molecule has 0 aromatic heterocycles. The van der Waals surface area contributed by atoms with Crippen molar-refractivity contribution in [3.05, 3.63) is 35.4 Å². The van der Waals surface area contributed by atoms with Crippen LogP contribution in [-0.2, 0) is 16.1 Å². The van der Waals surface area contributed by atoms with Crippen molar-refractivity contribution in [2.45, 2.75) is 51.3 Å². The topological polar surface area (TPSA) is 65.1 Å². The Balaban J connectivity index is 1.17. The molecule has 1 atom stereocenters. The summed E-state index contributed by atoms with van der Waals surface area (Å²) >= 11 is 0. The molecule has 7 nitrogen and oxygen atoms in total. The summed E-state index contributed by atoms with van der Waals surface area (Å²) in [6, 6.07) is 8.79. The number of amides is 3. The van der Waals surface area contributed by atoms with Gasteiger partial charge in [0.2, 0.25) is 0 Å². The van der Waals surface area contributed by atoms with Gasteiger partial charge in [-0.2, -0.15) is 0 Å². The van der Waals surface area contributed by atoms with Gasteiger partial charge in [0.15, 0.2) is 0 Å². The van der Waals surface area contributed by atoms with Gasteiger partial charge < -0.3 is 19.9 Å². The first-order chi connectivity index (χ1) is 14.6. The van der Waals surface area contributed by atoms with E-state index in [4.69, 9.17) is 4.74 Å². The minimum absolute atomic E-state index is 0.0107. The predicted octanol–water partition coefficient (Wildman–Crippen LogP) is 1.99. The highest BCUT2D eigenvalue weighted by Crippen LogP contribution is 2.18. The van der Waals surface area contributed by atoms with Crippen molar-refractivity contribution in [2.24, 2.45) is 0 Å². The fraction of sp³-hybridized carbons (Fsp3) is 0.652. The molecule has 3 aliphatic rings. The van der Waals surface area contributed by atoms with E-state index in [1.807, 2.05) is 9.80 Å². The van der Waals surface area contributed by atoms with Gasteiger partial charge in [-0.1, -0.05) is 24.3 Å². The number of nitrogens with zero attached hydrogens (tertiary/aromatic N) is 3. The van der Waals surface area contributed by atoms with Crippen LogP contribution in [-0.4, -0.2) is 84.7 Å². The number of hydrogen-bond donors (Lipinski definition) is 1. The fourth-order valence-corrected chi connectivity index (χ4v) is 4.64. The van der Waals surface area contributed by atoms with E-state index in [1.165, 1.54) is 11.1 Å². The maximum Gasteiger partial charge on any atom is 0.317 e. The Morgan fingerprint density at radius 1 is 1.00 bits per heavy atom. The number of aryl methyl sites for hydroxylation is 1. The molecule has 0 spiro atoms. The van der Waals surface area contributed by atoms with E-state index in [1.54, 1.807) is 0 Å². The molecule has 7 heteroatoms. The SMILES string of the molecule is Cc1ccccc1CN1CCC(NC(=O)N2CCN(C(=O)C3CCCO3)CC2)CC1. The van der Waals surface area contributed by atoms with E-state index in [-0.39, 0.29) is 24.1 Å². The second kappa shape index (κ2) is 9.79. The summed E-state index contributed by atoms with van der Waals surface area (Å²) in [6.45, 7) is 8.22. The highest BCUT2D eigenvalue weighted by molar-refractivity contribution is 5.81. The van der Waals surface area contributed by atoms with E-state index >= 15 is 0 Å². The number of piperidine rings is 1. The van der Waals surface area contributed by atoms with Crippen LogP contribution in [0.4, 0.5) is 4.79 Å². The van der Waals surface area contributed by atoms with Gasteiger partial charge in [0.05, 0.1) is 0 Å². The van der Waals surface area contributed by atoms with Crippen molar-refractivity contribution >= 4 is 11.9 Å². The number of carbonyl (C=O) groups is 2. The molecule has 0 aliphatic carbocycles. The molecule has 3 fully saturated rings. The molecule has 0 radical (unpaired) electrons. The molecule has 1 unspecified atom stereocenters. The lowest BCUT2D eigenvalue weighted by Crippen LogP contribution is -2.56. The Bertz CT molecular complexity index is 734. The van der Waals surface area contributed by atoms with Gasteiger partial charge in [-0.05, 0) is 43.7 Å². The van der Waals surface area contributed by atoms with Crippen LogP contribution >= 0.6 is 0 Å². The Morgan fingerprint density at radius 2 is 1.70 bits per heavy atom. The molecule has 3 saturated heterocycles. The molecule has 1 N–H and O–H groups in total. The van der Waals surface area contributed by atoms with Crippen molar-refractivity contribution in [2.75, 3.05) is 45.9 Å². The number of likely N-dealkylation sites (tertiary alicyclic amines) is 1. The van der Waals surface area contributed by atoms with Gasteiger partial charge in [-0.15, -0.1) is 0 Å². The van der Waals surface area contributed by atoms with E-state index in [0.717, 1.165) is 45.3 Å². The van der Waals surface area contributed by atoms with Crippen LogP contribution in [0.3, 0.4) is 0 Å². The first-order valence-electron chi connectivity index (χ1n) is 11.3. The van der Waals surface area contributed by atoms with Crippen LogP contribution in [0.1, 0.15) is 36.8 Å². The number of nitrogens with one attached hydrogen (secondary N) is 1. The van der Waals surface area contributed by atoms with Crippen molar-refractivity contribution in [1.29, 1.82) is 0 Å². The zero-order chi connectivity index (χ0) is 20.9. The third-order valence-corrected chi connectivity index (χ3v) is 6.65. The largest absolute Gasteiger partial charge is 0.368 e. The molecule has 3 aliphatic heterocycles. The summed E-state index contributed by atoms with van der Waals surface area (Å²) in [5.41, 5.74) is 2.72. The summed E-state index contributed by atoms with van der Waals surface area (Å²) in [5, 5.41) is 3.22. The molecule has 30 heavy (non-hydrogen) atoms. The standard InChI is InChI=1S/C23H34N4O3/c1-18-5-2-3-6-19(18)17-25-10-8-20(9-11-25)24-23(29)27-14-12-26(13-15-27)22(28)21-7-4-16-30-21/h2-3,5-6,20-21H,4,7-17H2,1H3,(H,24,29). The Hall–Kier alpha value is -2.12. The molecule has 1 aromatic rings. The number of rotatable bonds is 4. The van der Waals surface area contributed by atoms with Gasteiger partial charge >= 0.3 is 6.03 Å². The lowest BCUT2D eigenvalue weighted by Gasteiger charge is -2.37. The average Bonchev–Trinajstić information content (AvgIpc) is 3.31. The van der Waals surface area contributed by atoms with E-state index < -0.39 is 0 Å². The number of piperazine rings is 1. The van der Waals surface area contributed by atoms with Gasteiger partial charge in [-0.3, -0.25) is 9.69 Å². The molecule has 3 amide bonds. The Kier molecular flexibility index (Phi) is 6.89. The molecule has 0 bridgehead atoms. The minimum atomic E-state index is -0.268. The zero-order valence-corrected chi connectivity index (χ0v) is 18.0. The van der Waals surface area contributed by atoms with Gasteiger partial charge in [-0.25, -0.2) is 4.79 Å². The predicted molar refractivity (Wildman–Crippen MR) is 115 cm³/mol. The van der Waals surface area contributed by atoms with Crippen LogP contribution in [0.5, 0.6) is 0 Å². The van der Waals surface area contributed by atoms with Crippen LogP contribution in [0.15, 0.2) is 24.3 Å². The van der Waals surface area contributed by atoms with Crippen LogP contribution in [0.25, 0.3) is 0 Å². The summed E-state index contributed by atoms with van der Waals surface area (Å²) in [5.74, 6) is 0.0913. The van der Waals surface area contributed by atoms with Gasteiger partial charge in [0, 0.05) is 58.5 Å². The third kappa shape index (κ3) is 5.13. The molecule has 164 valence electrons. The number of ether oxygens (including phenoxy) is 1. The summed E-state index contributed by atoms with van der Waals surface area (Å²) < 4.78 is 5.51. The van der Waals surface area contributed by atoms with E-state index in [2.05, 4.69) is 41.4 Å². The Morgan fingerprint density at radius 3 is 2.37 bits per heavy atom. The number of hydrogen-bond acceptors (Lipinski definition) is 4. The zero-order valence-electron chi connectivity index (χ0n) is 18.0.